The molecule has 0 N–H and O–H groups in total. The lowest BCUT2D eigenvalue weighted by atomic mass is 9.93. The van der Waals surface area contributed by atoms with Gasteiger partial charge in [-0.3, -0.25) is 9.78 Å². The zero-order chi connectivity index (χ0) is 12.8. The number of hydrogen-bond acceptors (Lipinski definition) is 4. The number of carbonyl (C=O) groups is 1. The third-order valence-corrected chi connectivity index (χ3v) is 3.40. The van der Waals surface area contributed by atoms with Gasteiger partial charge in [-0.2, -0.15) is 0 Å². The minimum absolute atomic E-state index is 0.0557. The third-order valence-electron chi connectivity index (χ3n) is 3.40. The van der Waals surface area contributed by atoms with E-state index in [-0.39, 0.29) is 5.97 Å². The highest BCUT2D eigenvalue weighted by molar-refractivity contribution is 5.69. The summed E-state index contributed by atoms with van der Waals surface area (Å²) >= 11 is 0. The van der Waals surface area contributed by atoms with Crippen molar-refractivity contribution in [3.8, 4) is 0 Å². The Morgan fingerprint density at radius 2 is 2.06 bits per heavy atom. The Labute approximate surface area is 108 Å². The van der Waals surface area contributed by atoms with Crippen LogP contribution >= 0.6 is 0 Å². The van der Waals surface area contributed by atoms with E-state index in [9.17, 15) is 4.79 Å². The van der Waals surface area contributed by atoms with Crippen LogP contribution in [0, 0.1) is 5.92 Å². The summed E-state index contributed by atoms with van der Waals surface area (Å²) in [6, 6.07) is 4.07. The number of piperidine rings is 1. The van der Waals surface area contributed by atoms with E-state index in [1.54, 1.807) is 0 Å². The molecule has 98 valence electrons. The molecule has 0 unspecified atom stereocenters. The number of pyridine rings is 1. The van der Waals surface area contributed by atoms with E-state index in [2.05, 4.69) is 9.88 Å². The smallest absolute Gasteiger partial charge is 0.306 e. The Balaban J connectivity index is 1.80. The first-order chi connectivity index (χ1) is 8.79. The highest BCUT2D eigenvalue weighted by Crippen LogP contribution is 2.24. The fourth-order valence-electron chi connectivity index (χ4n) is 2.41. The lowest BCUT2D eigenvalue weighted by molar-refractivity contribution is -0.144. The van der Waals surface area contributed by atoms with Crippen molar-refractivity contribution in [2.24, 2.45) is 5.92 Å². The van der Waals surface area contributed by atoms with E-state index < -0.39 is 0 Å². The van der Waals surface area contributed by atoms with Crippen molar-refractivity contribution in [3.63, 3.8) is 0 Å². The number of hydrogen-bond donors (Lipinski definition) is 0. The van der Waals surface area contributed by atoms with Gasteiger partial charge in [-0.1, -0.05) is 0 Å². The van der Waals surface area contributed by atoms with Crippen LogP contribution in [0.2, 0.25) is 0 Å². The lowest BCUT2D eigenvalue weighted by Crippen LogP contribution is -2.34. The van der Waals surface area contributed by atoms with Gasteiger partial charge < -0.3 is 9.64 Å². The maximum Gasteiger partial charge on any atom is 0.306 e. The molecule has 0 radical (unpaired) electrons. The molecule has 0 aliphatic carbocycles. The molecule has 1 aliphatic rings. The summed E-state index contributed by atoms with van der Waals surface area (Å²) in [7, 11) is 0. The number of carbonyl (C=O) groups excluding carboxylic acids is 1. The van der Waals surface area contributed by atoms with Crippen LogP contribution in [0.5, 0.6) is 0 Å². The maximum absolute atomic E-state index is 11.4. The van der Waals surface area contributed by atoms with Crippen LogP contribution in [-0.4, -0.2) is 30.6 Å². The Bertz CT molecular complexity index is 373. The van der Waals surface area contributed by atoms with Crippen LogP contribution in [0.1, 0.15) is 26.2 Å². The lowest BCUT2D eigenvalue weighted by Gasteiger charge is -2.33. The first kappa shape index (κ1) is 12.9. The summed E-state index contributed by atoms with van der Waals surface area (Å²) in [4.78, 5) is 17.8. The fourth-order valence-corrected chi connectivity index (χ4v) is 2.41. The molecule has 0 amide bonds. The molecule has 2 heterocycles. The summed E-state index contributed by atoms with van der Waals surface area (Å²) in [6.45, 7) is 4.35. The van der Waals surface area contributed by atoms with Crippen molar-refractivity contribution >= 4 is 11.7 Å². The largest absolute Gasteiger partial charge is 0.466 e. The highest BCUT2D eigenvalue weighted by atomic mass is 16.5. The van der Waals surface area contributed by atoms with Crippen LogP contribution in [-0.2, 0) is 9.53 Å². The Kier molecular flexibility index (Phi) is 4.56. The zero-order valence-corrected chi connectivity index (χ0v) is 10.8. The quantitative estimate of drug-likeness (QED) is 0.766. The second kappa shape index (κ2) is 6.38. The van der Waals surface area contributed by atoms with Gasteiger partial charge in [0.2, 0.25) is 0 Å². The molecular weight excluding hydrogens is 228 g/mol. The maximum atomic E-state index is 11.4. The van der Waals surface area contributed by atoms with Crippen LogP contribution in [0.15, 0.2) is 24.5 Å². The van der Waals surface area contributed by atoms with E-state index in [1.807, 2.05) is 31.5 Å². The monoisotopic (exact) mass is 248 g/mol. The second-order valence-corrected chi connectivity index (χ2v) is 4.64. The van der Waals surface area contributed by atoms with Crippen molar-refractivity contribution in [2.75, 3.05) is 24.6 Å². The van der Waals surface area contributed by atoms with E-state index in [4.69, 9.17) is 4.74 Å². The topological polar surface area (TPSA) is 42.4 Å². The molecule has 0 aromatic carbocycles. The number of nitrogens with zero attached hydrogens (tertiary/aromatic N) is 2. The van der Waals surface area contributed by atoms with Gasteiger partial charge in [-0.25, -0.2) is 0 Å². The molecule has 0 bridgehead atoms. The summed E-state index contributed by atoms with van der Waals surface area (Å²) < 4.78 is 5.00. The summed E-state index contributed by atoms with van der Waals surface area (Å²) in [5, 5.41) is 0. The van der Waals surface area contributed by atoms with Crippen molar-refractivity contribution in [1.82, 2.24) is 4.98 Å². The van der Waals surface area contributed by atoms with E-state index in [0.717, 1.165) is 25.9 Å². The Hall–Kier alpha value is -1.58. The van der Waals surface area contributed by atoms with Gasteiger partial charge in [-0.15, -0.1) is 0 Å². The molecule has 1 fully saturated rings. The molecule has 0 saturated carbocycles. The van der Waals surface area contributed by atoms with Gasteiger partial charge in [0.1, 0.15) is 0 Å². The van der Waals surface area contributed by atoms with Gasteiger partial charge in [0, 0.05) is 37.6 Å². The third kappa shape index (κ3) is 3.45. The molecule has 1 aromatic rings. The Morgan fingerprint density at radius 1 is 1.39 bits per heavy atom. The van der Waals surface area contributed by atoms with E-state index in [1.165, 1.54) is 5.69 Å². The second-order valence-electron chi connectivity index (χ2n) is 4.64. The van der Waals surface area contributed by atoms with Crippen LogP contribution < -0.4 is 4.90 Å². The minimum atomic E-state index is -0.0557. The van der Waals surface area contributed by atoms with Crippen LogP contribution in [0.25, 0.3) is 0 Å². The number of ether oxygens (including phenoxy) is 1. The molecule has 1 aromatic heterocycles. The van der Waals surface area contributed by atoms with Crippen molar-refractivity contribution in [1.29, 1.82) is 0 Å². The zero-order valence-electron chi connectivity index (χ0n) is 10.8. The van der Waals surface area contributed by atoms with E-state index in [0.29, 0.717) is 18.9 Å². The van der Waals surface area contributed by atoms with Crippen molar-refractivity contribution < 1.29 is 9.53 Å². The van der Waals surface area contributed by atoms with Crippen LogP contribution in [0.4, 0.5) is 5.69 Å². The number of anilines is 1. The molecule has 0 atom stereocenters. The molecule has 2 rings (SSSR count). The summed E-state index contributed by atoms with van der Waals surface area (Å²) in [5.74, 6) is 0.419. The molecular formula is C14H20N2O2. The highest BCUT2D eigenvalue weighted by Gasteiger charge is 2.22. The van der Waals surface area contributed by atoms with Gasteiger partial charge in [-0.05, 0) is 37.8 Å². The van der Waals surface area contributed by atoms with Crippen LogP contribution in [0.3, 0.4) is 0 Å². The summed E-state index contributed by atoms with van der Waals surface area (Å²) in [5.41, 5.74) is 1.22. The van der Waals surface area contributed by atoms with E-state index >= 15 is 0 Å². The molecule has 4 nitrogen and oxygen atoms in total. The van der Waals surface area contributed by atoms with Crippen molar-refractivity contribution in [3.05, 3.63) is 24.5 Å². The average molecular weight is 248 g/mol. The fraction of sp³-hybridized carbons (Fsp3) is 0.571. The van der Waals surface area contributed by atoms with Gasteiger partial charge in [0.15, 0.2) is 0 Å². The first-order valence-electron chi connectivity index (χ1n) is 6.60. The van der Waals surface area contributed by atoms with Crippen molar-refractivity contribution in [2.45, 2.75) is 26.2 Å². The molecule has 18 heavy (non-hydrogen) atoms. The predicted molar refractivity (Wildman–Crippen MR) is 70.4 cm³/mol. The van der Waals surface area contributed by atoms with Gasteiger partial charge in [0.25, 0.3) is 0 Å². The summed E-state index contributed by atoms with van der Waals surface area (Å²) in [6.07, 6.45) is 6.32. The number of rotatable bonds is 4. The number of esters is 1. The predicted octanol–water partition coefficient (Wildman–Crippen LogP) is 2.25. The first-order valence-corrected chi connectivity index (χ1v) is 6.60. The SMILES string of the molecule is CCOC(=O)CC1CCN(c2ccncc2)CC1. The normalized spacial score (nSPS) is 16.6. The molecule has 1 saturated heterocycles. The van der Waals surface area contributed by atoms with Gasteiger partial charge >= 0.3 is 5.97 Å². The molecule has 4 heteroatoms. The number of aromatic nitrogens is 1. The Morgan fingerprint density at radius 3 is 2.67 bits per heavy atom. The van der Waals surface area contributed by atoms with Gasteiger partial charge in [0.05, 0.1) is 6.61 Å². The molecule has 0 spiro atoms. The molecule has 1 aliphatic heterocycles. The minimum Gasteiger partial charge on any atom is -0.466 e. The standard InChI is InChI=1S/C14H20N2O2/c1-2-18-14(17)11-12-5-9-16(10-6-12)13-3-7-15-8-4-13/h3-4,7-8,12H,2,5-6,9-11H2,1H3. The average Bonchev–Trinajstić information content (AvgIpc) is 2.41.